The van der Waals surface area contributed by atoms with Crippen molar-refractivity contribution in [2.45, 2.75) is 19.8 Å². The van der Waals surface area contributed by atoms with Crippen molar-refractivity contribution >= 4 is 17.2 Å². The van der Waals surface area contributed by atoms with Gasteiger partial charge in [-0.25, -0.2) is 0 Å². The van der Waals surface area contributed by atoms with Gasteiger partial charge in [0.2, 0.25) is 5.91 Å². The third-order valence-electron chi connectivity index (χ3n) is 3.16. The molecule has 0 fully saturated rings. The summed E-state index contributed by atoms with van der Waals surface area (Å²) < 4.78 is 5.39. The van der Waals surface area contributed by atoms with Gasteiger partial charge in [0.25, 0.3) is 0 Å². The number of carbonyl (C=O) groups is 1. The highest BCUT2D eigenvalue weighted by Gasteiger charge is 2.21. The fourth-order valence-electron chi connectivity index (χ4n) is 2.34. The topological polar surface area (TPSA) is 64.3 Å². The minimum atomic E-state index is -0.0235. The van der Waals surface area contributed by atoms with Crippen LogP contribution in [0, 0.1) is 0 Å². The quantitative estimate of drug-likeness (QED) is 0.798. The van der Waals surface area contributed by atoms with E-state index >= 15 is 0 Å². The Hall–Kier alpha value is -1.97. The highest BCUT2D eigenvalue weighted by molar-refractivity contribution is 5.82. The Bertz CT molecular complexity index is 507. The number of fused-ring (bicyclic) bond motifs is 1. The van der Waals surface area contributed by atoms with Crippen LogP contribution in [0.2, 0.25) is 0 Å². The lowest BCUT2D eigenvalue weighted by atomic mass is 10.0. The number of hydrogen-bond donors (Lipinski definition) is 2. The largest absolute Gasteiger partial charge is 0.494 e. The molecule has 3 N–H and O–H groups in total. The Kier molecular flexibility index (Phi) is 3.55. The third kappa shape index (κ3) is 2.32. The molecule has 18 heavy (non-hydrogen) atoms. The van der Waals surface area contributed by atoms with Crippen LogP contribution in [0.4, 0.5) is 5.69 Å². The fourth-order valence-corrected chi connectivity index (χ4v) is 2.34. The van der Waals surface area contributed by atoms with Crippen molar-refractivity contribution in [3.8, 4) is 5.75 Å². The highest BCUT2D eigenvalue weighted by atomic mass is 16.5. The summed E-state index contributed by atoms with van der Waals surface area (Å²) in [6.45, 7) is 2.06. The SMILES string of the molecule is COc1c(N)ccc2c1/C(=C/CNC(C)=O)CC2. The second-order valence-electron chi connectivity index (χ2n) is 4.39. The Balaban J connectivity index is 2.31. The minimum absolute atomic E-state index is 0.0235. The number of nitrogen functional groups attached to an aromatic ring is 1. The zero-order valence-corrected chi connectivity index (χ0v) is 10.7. The number of methoxy groups -OCH3 is 1. The molecular formula is C14H18N2O2. The van der Waals surface area contributed by atoms with Crippen LogP contribution in [-0.2, 0) is 11.2 Å². The molecule has 0 atom stereocenters. The van der Waals surface area contributed by atoms with Crippen LogP contribution in [0.3, 0.4) is 0 Å². The maximum atomic E-state index is 10.9. The zero-order chi connectivity index (χ0) is 13.1. The number of hydrogen-bond acceptors (Lipinski definition) is 3. The Morgan fingerprint density at radius 3 is 2.94 bits per heavy atom. The summed E-state index contributed by atoms with van der Waals surface area (Å²) in [5.41, 5.74) is 10.1. The fraction of sp³-hybridized carbons (Fsp3) is 0.357. The summed E-state index contributed by atoms with van der Waals surface area (Å²) in [6.07, 6.45) is 4.00. The van der Waals surface area contributed by atoms with E-state index in [2.05, 4.69) is 5.32 Å². The number of benzene rings is 1. The van der Waals surface area contributed by atoms with Gasteiger partial charge in [0.05, 0.1) is 12.8 Å². The first kappa shape index (κ1) is 12.5. The van der Waals surface area contributed by atoms with E-state index in [-0.39, 0.29) is 5.91 Å². The van der Waals surface area contributed by atoms with Crippen molar-refractivity contribution < 1.29 is 9.53 Å². The predicted octanol–water partition coefficient (Wildman–Crippen LogP) is 1.74. The number of carbonyl (C=O) groups excluding carboxylic acids is 1. The Labute approximate surface area is 107 Å². The van der Waals surface area contributed by atoms with Crippen LogP contribution in [0.15, 0.2) is 18.2 Å². The number of amides is 1. The summed E-state index contributed by atoms with van der Waals surface area (Å²) in [7, 11) is 1.63. The van der Waals surface area contributed by atoms with Gasteiger partial charge in [-0.2, -0.15) is 0 Å². The second-order valence-corrected chi connectivity index (χ2v) is 4.39. The number of aryl methyl sites for hydroxylation is 1. The third-order valence-corrected chi connectivity index (χ3v) is 3.16. The number of nitrogens with one attached hydrogen (secondary N) is 1. The van der Waals surface area contributed by atoms with Crippen molar-refractivity contribution in [3.63, 3.8) is 0 Å². The van der Waals surface area contributed by atoms with Gasteiger partial charge in [0, 0.05) is 19.0 Å². The maximum Gasteiger partial charge on any atom is 0.217 e. The normalized spacial score (nSPS) is 15.6. The lowest BCUT2D eigenvalue weighted by Gasteiger charge is -2.11. The summed E-state index contributed by atoms with van der Waals surface area (Å²) in [5, 5.41) is 2.77. The molecular weight excluding hydrogens is 228 g/mol. The number of anilines is 1. The van der Waals surface area contributed by atoms with E-state index in [1.165, 1.54) is 18.1 Å². The predicted molar refractivity (Wildman–Crippen MR) is 72.4 cm³/mol. The molecule has 96 valence electrons. The molecule has 0 spiro atoms. The van der Waals surface area contributed by atoms with Crippen molar-refractivity contribution in [1.29, 1.82) is 0 Å². The van der Waals surface area contributed by atoms with Crippen molar-refractivity contribution in [2.24, 2.45) is 0 Å². The van der Waals surface area contributed by atoms with E-state index in [1.54, 1.807) is 7.11 Å². The molecule has 0 heterocycles. The number of allylic oxidation sites excluding steroid dienone is 1. The van der Waals surface area contributed by atoms with Crippen LogP contribution < -0.4 is 15.8 Å². The minimum Gasteiger partial charge on any atom is -0.494 e. The van der Waals surface area contributed by atoms with E-state index < -0.39 is 0 Å². The smallest absolute Gasteiger partial charge is 0.217 e. The molecule has 0 unspecified atom stereocenters. The van der Waals surface area contributed by atoms with E-state index in [9.17, 15) is 4.79 Å². The second kappa shape index (κ2) is 5.12. The Morgan fingerprint density at radius 2 is 2.28 bits per heavy atom. The zero-order valence-electron chi connectivity index (χ0n) is 10.7. The van der Waals surface area contributed by atoms with Crippen LogP contribution in [0.25, 0.3) is 5.57 Å². The average Bonchev–Trinajstić information content (AvgIpc) is 2.72. The Morgan fingerprint density at radius 1 is 1.50 bits per heavy atom. The monoisotopic (exact) mass is 246 g/mol. The molecule has 0 bridgehead atoms. The van der Waals surface area contributed by atoms with Gasteiger partial charge in [-0.1, -0.05) is 12.1 Å². The van der Waals surface area contributed by atoms with Gasteiger partial charge in [-0.05, 0) is 30.0 Å². The van der Waals surface area contributed by atoms with Crippen LogP contribution >= 0.6 is 0 Å². The molecule has 1 amide bonds. The summed E-state index contributed by atoms with van der Waals surface area (Å²) in [6, 6.07) is 3.93. The van der Waals surface area contributed by atoms with Crippen LogP contribution in [0.5, 0.6) is 5.75 Å². The average molecular weight is 246 g/mol. The van der Waals surface area contributed by atoms with Crippen LogP contribution in [0.1, 0.15) is 24.5 Å². The first-order valence-corrected chi connectivity index (χ1v) is 6.02. The molecule has 1 aliphatic carbocycles. The van der Waals surface area contributed by atoms with Crippen molar-refractivity contribution in [2.75, 3.05) is 19.4 Å². The molecule has 4 heteroatoms. The lowest BCUT2D eigenvalue weighted by molar-refractivity contribution is -0.118. The van der Waals surface area contributed by atoms with Crippen LogP contribution in [-0.4, -0.2) is 19.6 Å². The van der Waals surface area contributed by atoms with Gasteiger partial charge >= 0.3 is 0 Å². The van der Waals surface area contributed by atoms with E-state index in [1.807, 2.05) is 18.2 Å². The number of rotatable bonds is 3. The van der Waals surface area contributed by atoms with Gasteiger partial charge in [0.15, 0.2) is 0 Å². The van der Waals surface area contributed by atoms with Gasteiger partial charge in [-0.15, -0.1) is 0 Å². The van der Waals surface area contributed by atoms with Gasteiger partial charge in [0.1, 0.15) is 5.75 Å². The van der Waals surface area contributed by atoms with Gasteiger partial charge < -0.3 is 15.8 Å². The molecule has 1 aliphatic rings. The lowest BCUT2D eigenvalue weighted by Crippen LogP contribution is -2.19. The number of ether oxygens (including phenoxy) is 1. The first-order chi connectivity index (χ1) is 8.63. The molecule has 0 radical (unpaired) electrons. The summed E-state index contributed by atoms with van der Waals surface area (Å²) in [4.78, 5) is 10.9. The maximum absolute atomic E-state index is 10.9. The molecule has 0 aliphatic heterocycles. The molecule has 4 nitrogen and oxygen atoms in total. The summed E-state index contributed by atoms with van der Waals surface area (Å²) in [5.74, 6) is 0.726. The molecule has 2 rings (SSSR count). The molecule has 1 aromatic carbocycles. The molecule has 0 aromatic heterocycles. The molecule has 0 saturated heterocycles. The number of nitrogens with two attached hydrogens (primary N) is 1. The van der Waals surface area contributed by atoms with Crippen molar-refractivity contribution in [1.82, 2.24) is 5.32 Å². The first-order valence-electron chi connectivity index (χ1n) is 6.02. The van der Waals surface area contributed by atoms with E-state index in [0.29, 0.717) is 12.2 Å². The standard InChI is InChI=1S/C14H18N2O2/c1-9(17)16-8-7-11-4-3-10-5-6-12(15)14(18-2)13(10)11/h5-7H,3-4,8,15H2,1-2H3,(H,16,17)/b11-7+. The van der Waals surface area contributed by atoms with E-state index in [0.717, 1.165) is 24.2 Å². The summed E-state index contributed by atoms with van der Waals surface area (Å²) >= 11 is 0. The molecule has 0 saturated carbocycles. The van der Waals surface area contributed by atoms with E-state index in [4.69, 9.17) is 10.5 Å². The van der Waals surface area contributed by atoms with Crippen molar-refractivity contribution in [3.05, 3.63) is 29.3 Å². The molecule has 1 aromatic rings. The highest BCUT2D eigenvalue weighted by Crippen LogP contribution is 2.41. The van der Waals surface area contributed by atoms with Gasteiger partial charge in [-0.3, -0.25) is 4.79 Å².